The van der Waals surface area contributed by atoms with Crippen molar-refractivity contribution in [3.05, 3.63) is 41.5 Å². The van der Waals surface area contributed by atoms with Crippen molar-refractivity contribution in [1.82, 2.24) is 25.4 Å². The molecule has 122 valence electrons. The fourth-order valence-electron chi connectivity index (χ4n) is 2.79. The lowest BCUT2D eigenvalue weighted by molar-refractivity contribution is 0.0937. The number of nitrogens with zero attached hydrogens (tertiary/aromatic N) is 3. The first-order valence-corrected chi connectivity index (χ1v) is 7.53. The third kappa shape index (κ3) is 3.84. The molecule has 2 aromatic rings. The zero-order valence-electron chi connectivity index (χ0n) is 12.6. The van der Waals surface area contributed by atoms with E-state index in [0.717, 1.165) is 19.5 Å². The number of carbonyl (C=O) groups is 1. The van der Waals surface area contributed by atoms with E-state index >= 15 is 0 Å². The highest BCUT2D eigenvalue weighted by Crippen LogP contribution is 2.19. The fraction of sp³-hybridized carbons (Fsp3) is 0.400. The normalized spacial score (nSPS) is 18.2. The molecule has 1 atom stereocenters. The van der Waals surface area contributed by atoms with Gasteiger partial charge in [0.1, 0.15) is 5.82 Å². The minimum atomic E-state index is -0.318. The second kappa shape index (κ2) is 6.74. The van der Waals surface area contributed by atoms with E-state index < -0.39 is 0 Å². The van der Waals surface area contributed by atoms with Gasteiger partial charge in [0.2, 0.25) is 11.8 Å². The number of hydrogen-bond acceptors (Lipinski definition) is 5. The molecule has 1 aromatic carbocycles. The maximum absolute atomic E-state index is 13.7. The largest absolute Gasteiger partial charge is 0.366 e. The van der Waals surface area contributed by atoms with Crippen LogP contribution < -0.4 is 11.1 Å². The molecule has 2 heterocycles. The maximum atomic E-state index is 13.7. The predicted octanol–water partition coefficient (Wildman–Crippen LogP) is 0.778. The summed E-state index contributed by atoms with van der Waals surface area (Å²) >= 11 is 0. The lowest BCUT2D eigenvalue weighted by atomic mass is 10.1. The number of rotatable bonds is 5. The molecule has 1 aromatic heterocycles. The Morgan fingerprint density at radius 3 is 3.04 bits per heavy atom. The van der Waals surface area contributed by atoms with Crippen LogP contribution in [0.15, 0.2) is 24.3 Å². The van der Waals surface area contributed by atoms with Gasteiger partial charge in [-0.05, 0) is 24.9 Å². The molecule has 1 aliphatic heterocycles. The van der Waals surface area contributed by atoms with Gasteiger partial charge in [0.05, 0.1) is 0 Å². The summed E-state index contributed by atoms with van der Waals surface area (Å²) in [5.74, 6) is 0.00990. The summed E-state index contributed by atoms with van der Waals surface area (Å²) < 4.78 is 13.7. The summed E-state index contributed by atoms with van der Waals surface area (Å²) in [4.78, 5) is 17.8. The number of anilines is 1. The number of nitrogen functional groups attached to an aromatic ring is 1. The molecule has 3 rings (SSSR count). The van der Waals surface area contributed by atoms with E-state index in [0.29, 0.717) is 24.6 Å². The van der Waals surface area contributed by atoms with Gasteiger partial charge in [0.15, 0.2) is 0 Å². The zero-order valence-corrected chi connectivity index (χ0v) is 12.6. The van der Waals surface area contributed by atoms with E-state index in [9.17, 15) is 9.18 Å². The molecule has 0 aliphatic carbocycles. The van der Waals surface area contributed by atoms with Crippen LogP contribution >= 0.6 is 0 Å². The Kier molecular flexibility index (Phi) is 4.52. The number of likely N-dealkylation sites (tertiary alicyclic amines) is 1. The maximum Gasteiger partial charge on any atom is 0.288 e. The van der Waals surface area contributed by atoms with Crippen LogP contribution in [0.5, 0.6) is 0 Å². The van der Waals surface area contributed by atoms with Gasteiger partial charge in [-0.15, -0.1) is 5.10 Å². The van der Waals surface area contributed by atoms with Crippen molar-refractivity contribution in [2.75, 3.05) is 25.4 Å². The Bertz CT molecular complexity index is 688. The number of aromatic nitrogens is 3. The van der Waals surface area contributed by atoms with Gasteiger partial charge >= 0.3 is 0 Å². The first kappa shape index (κ1) is 15.4. The van der Waals surface area contributed by atoms with Crippen LogP contribution in [-0.2, 0) is 6.54 Å². The van der Waals surface area contributed by atoms with Crippen molar-refractivity contribution in [1.29, 1.82) is 0 Å². The number of halogens is 1. The van der Waals surface area contributed by atoms with Crippen molar-refractivity contribution in [2.24, 2.45) is 5.92 Å². The number of H-pyrrole nitrogens is 1. The quantitative estimate of drug-likeness (QED) is 0.756. The molecule has 0 saturated carbocycles. The molecule has 7 nitrogen and oxygen atoms in total. The second-order valence-electron chi connectivity index (χ2n) is 5.73. The molecule has 1 fully saturated rings. The van der Waals surface area contributed by atoms with Crippen molar-refractivity contribution >= 4 is 11.9 Å². The summed E-state index contributed by atoms with van der Waals surface area (Å²) in [5, 5.41) is 8.92. The summed E-state index contributed by atoms with van der Waals surface area (Å²) in [6, 6.07) is 6.82. The number of nitrogens with two attached hydrogens (primary N) is 1. The molecule has 0 bridgehead atoms. The standard InChI is InChI=1S/C15H19FN6O/c16-12-4-2-1-3-11(12)9-22-6-5-10(8-22)7-18-14(23)13-19-15(17)21-20-13/h1-4,10H,5-9H2,(H,18,23)(H3,17,19,20,21). The van der Waals surface area contributed by atoms with E-state index in [1.165, 1.54) is 6.07 Å². The van der Waals surface area contributed by atoms with Crippen molar-refractivity contribution in [3.8, 4) is 0 Å². The smallest absolute Gasteiger partial charge is 0.288 e. The summed E-state index contributed by atoms with van der Waals surface area (Å²) in [6.45, 7) is 2.86. The zero-order chi connectivity index (χ0) is 16.2. The first-order valence-electron chi connectivity index (χ1n) is 7.53. The van der Waals surface area contributed by atoms with E-state index in [-0.39, 0.29) is 23.5 Å². The molecule has 0 radical (unpaired) electrons. The SMILES string of the molecule is Nc1n[nH]c(C(=O)NCC2CCN(Cc3ccccc3F)C2)n1. The minimum absolute atomic E-state index is 0.0482. The molecular formula is C15H19FN6O. The van der Waals surface area contributed by atoms with Gasteiger partial charge in [0, 0.05) is 25.2 Å². The number of hydrogen-bond donors (Lipinski definition) is 3. The third-order valence-corrected chi connectivity index (χ3v) is 3.99. The lowest BCUT2D eigenvalue weighted by Crippen LogP contribution is -2.31. The fourth-order valence-corrected chi connectivity index (χ4v) is 2.79. The Labute approximate surface area is 133 Å². The number of amides is 1. The average Bonchev–Trinajstić information content (AvgIpc) is 3.16. The van der Waals surface area contributed by atoms with E-state index in [1.807, 2.05) is 6.07 Å². The molecule has 0 spiro atoms. The van der Waals surface area contributed by atoms with E-state index in [4.69, 9.17) is 5.73 Å². The van der Waals surface area contributed by atoms with Gasteiger partial charge in [-0.1, -0.05) is 18.2 Å². The van der Waals surface area contributed by atoms with E-state index in [1.54, 1.807) is 12.1 Å². The number of aromatic amines is 1. The van der Waals surface area contributed by atoms with Crippen LogP contribution in [0.3, 0.4) is 0 Å². The van der Waals surface area contributed by atoms with Gasteiger partial charge < -0.3 is 11.1 Å². The third-order valence-electron chi connectivity index (χ3n) is 3.99. The molecule has 4 N–H and O–H groups in total. The Balaban J connectivity index is 1.47. The summed E-state index contributed by atoms with van der Waals surface area (Å²) in [6.07, 6.45) is 0.966. The molecule has 1 aliphatic rings. The highest BCUT2D eigenvalue weighted by molar-refractivity contribution is 5.90. The molecular weight excluding hydrogens is 299 g/mol. The lowest BCUT2D eigenvalue weighted by Gasteiger charge is -2.16. The topological polar surface area (TPSA) is 99.9 Å². The van der Waals surface area contributed by atoms with Gasteiger partial charge in [-0.2, -0.15) is 4.98 Å². The van der Waals surface area contributed by atoms with Gasteiger partial charge in [0.25, 0.3) is 5.91 Å². The van der Waals surface area contributed by atoms with Crippen molar-refractivity contribution < 1.29 is 9.18 Å². The Morgan fingerprint density at radius 2 is 2.30 bits per heavy atom. The summed E-state index contributed by atoms with van der Waals surface area (Å²) in [5.41, 5.74) is 6.07. The highest BCUT2D eigenvalue weighted by Gasteiger charge is 2.24. The molecule has 1 amide bonds. The first-order chi connectivity index (χ1) is 11.1. The monoisotopic (exact) mass is 318 g/mol. The Hall–Kier alpha value is -2.48. The summed E-state index contributed by atoms with van der Waals surface area (Å²) in [7, 11) is 0. The second-order valence-corrected chi connectivity index (χ2v) is 5.73. The molecule has 8 heteroatoms. The molecule has 1 saturated heterocycles. The Morgan fingerprint density at radius 1 is 1.48 bits per heavy atom. The number of carbonyl (C=O) groups excluding carboxylic acids is 1. The van der Waals surface area contributed by atoms with Crippen molar-refractivity contribution in [2.45, 2.75) is 13.0 Å². The highest BCUT2D eigenvalue weighted by atomic mass is 19.1. The van der Waals surface area contributed by atoms with Gasteiger partial charge in [-0.25, -0.2) is 4.39 Å². The van der Waals surface area contributed by atoms with Crippen LogP contribution in [-0.4, -0.2) is 45.6 Å². The van der Waals surface area contributed by atoms with Gasteiger partial charge in [-0.3, -0.25) is 14.8 Å². The number of benzene rings is 1. The van der Waals surface area contributed by atoms with Crippen LogP contribution in [0.25, 0.3) is 0 Å². The van der Waals surface area contributed by atoms with Crippen LogP contribution in [0.2, 0.25) is 0 Å². The van der Waals surface area contributed by atoms with E-state index in [2.05, 4.69) is 25.4 Å². The molecule has 1 unspecified atom stereocenters. The predicted molar refractivity (Wildman–Crippen MR) is 82.9 cm³/mol. The van der Waals surface area contributed by atoms with Crippen LogP contribution in [0, 0.1) is 11.7 Å². The van der Waals surface area contributed by atoms with Crippen molar-refractivity contribution in [3.63, 3.8) is 0 Å². The number of nitrogens with one attached hydrogen (secondary N) is 2. The average molecular weight is 318 g/mol. The van der Waals surface area contributed by atoms with Crippen LogP contribution in [0.1, 0.15) is 22.6 Å². The minimum Gasteiger partial charge on any atom is -0.366 e. The van der Waals surface area contributed by atoms with Crippen LogP contribution in [0.4, 0.5) is 10.3 Å². The molecule has 23 heavy (non-hydrogen) atoms.